The standard InChI is InChI=1S/C5H13O5PSi/c1-4-5(2)12-10-11(6,7)9-8-3/h4H,12H2,1-3H3,(H,6,7). The molecule has 0 aromatic heterocycles. The zero-order chi connectivity index (χ0) is 9.61. The molecule has 0 heterocycles. The lowest BCUT2D eigenvalue weighted by Gasteiger charge is -2.08. The first-order chi connectivity index (χ1) is 5.52. The van der Waals surface area contributed by atoms with Crippen LogP contribution in [0.2, 0.25) is 0 Å². The Kier molecular flexibility index (Phi) is 5.65. The van der Waals surface area contributed by atoms with E-state index in [1.54, 1.807) is 0 Å². The van der Waals surface area contributed by atoms with Crippen molar-refractivity contribution < 1.29 is 23.2 Å². The molecule has 0 aromatic carbocycles. The van der Waals surface area contributed by atoms with Crippen LogP contribution in [0.15, 0.2) is 11.3 Å². The van der Waals surface area contributed by atoms with E-state index in [0.717, 1.165) is 12.3 Å². The quantitative estimate of drug-likeness (QED) is 0.314. The first-order valence-corrected chi connectivity index (χ1v) is 6.11. The molecular weight excluding hydrogens is 199 g/mol. The summed E-state index contributed by atoms with van der Waals surface area (Å²) in [4.78, 5) is 12.9. The van der Waals surface area contributed by atoms with Gasteiger partial charge in [-0.25, -0.2) is 9.45 Å². The second-order valence-electron chi connectivity index (χ2n) is 2.12. The summed E-state index contributed by atoms with van der Waals surface area (Å²) < 4.78 is 19.5. The Labute approximate surface area is 73.8 Å². The maximum absolute atomic E-state index is 10.8. The summed E-state index contributed by atoms with van der Waals surface area (Å²) in [6, 6.07) is 0. The number of phosphoric acid groups is 1. The molecule has 5 nitrogen and oxygen atoms in total. The molecule has 0 rings (SSSR count). The molecule has 0 saturated heterocycles. The summed E-state index contributed by atoms with van der Waals surface area (Å²) in [5.41, 5.74) is 0. The normalized spacial score (nSPS) is 18.5. The fraction of sp³-hybridized carbons (Fsp3) is 0.600. The summed E-state index contributed by atoms with van der Waals surface area (Å²) in [6.45, 7) is 3.67. The lowest BCUT2D eigenvalue weighted by molar-refractivity contribution is -0.193. The lowest BCUT2D eigenvalue weighted by Crippen LogP contribution is -2.00. The maximum Gasteiger partial charge on any atom is 0.489 e. The van der Waals surface area contributed by atoms with Crippen LogP contribution in [0, 0.1) is 0 Å². The smallest absolute Gasteiger partial charge is 0.331 e. The van der Waals surface area contributed by atoms with Gasteiger partial charge in [-0.05, 0) is 13.8 Å². The van der Waals surface area contributed by atoms with E-state index in [4.69, 9.17) is 4.89 Å². The van der Waals surface area contributed by atoms with Gasteiger partial charge < -0.3 is 9.11 Å². The molecule has 0 aromatic rings. The predicted octanol–water partition coefficient (Wildman–Crippen LogP) is 0.689. The van der Waals surface area contributed by atoms with E-state index in [-0.39, 0.29) is 0 Å². The highest BCUT2D eigenvalue weighted by Gasteiger charge is 2.21. The van der Waals surface area contributed by atoms with Crippen LogP contribution < -0.4 is 0 Å². The fourth-order valence-electron chi connectivity index (χ4n) is 0.382. The molecular formula is C5H13O5PSi. The molecule has 1 atom stereocenters. The van der Waals surface area contributed by atoms with Gasteiger partial charge in [-0.2, -0.15) is 0 Å². The van der Waals surface area contributed by atoms with Crippen LogP contribution in [0.3, 0.4) is 0 Å². The average Bonchev–Trinajstić information content (AvgIpc) is 2.00. The molecule has 0 aliphatic heterocycles. The second-order valence-corrected chi connectivity index (χ2v) is 5.64. The second kappa shape index (κ2) is 5.63. The van der Waals surface area contributed by atoms with E-state index in [1.807, 2.05) is 19.9 Å². The monoisotopic (exact) mass is 212 g/mol. The van der Waals surface area contributed by atoms with E-state index in [0.29, 0.717) is 0 Å². The minimum Gasteiger partial charge on any atom is -0.331 e. The Hall–Kier alpha value is 0.0269. The van der Waals surface area contributed by atoms with Gasteiger partial charge >= 0.3 is 7.82 Å². The summed E-state index contributed by atoms with van der Waals surface area (Å²) in [5, 5.41) is 0.976. The van der Waals surface area contributed by atoms with Gasteiger partial charge in [-0.3, -0.25) is 0 Å². The molecule has 7 heteroatoms. The summed E-state index contributed by atoms with van der Waals surface area (Å²) >= 11 is 0. The Morgan fingerprint density at radius 2 is 2.25 bits per heavy atom. The summed E-state index contributed by atoms with van der Waals surface area (Å²) in [6.07, 6.45) is 1.83. The van der Waals surface area contributed by atoms with Gasteiger partial charge in [0.25, 0.3) is 0 Å². The van der Waals surface area contributed by atoms with Gasteiger partial charge in [0.15, 0.2) is 0 Å². The van der Waals surface area contributed by atoms with Crippen molar-refractivity contribution in [2.24, 2.45) is 0 Å². The Bertz CT molecular complexity index is 204. The van der Waals surface area contributed by atoms with Crippen molar-refractivity contribution in [2.75, 3.05) is 7.11 Å². The highest BCUT2D eigenvalue weighted by Crippen LogP contribution is 2.42. The first kappa shape index (κ1) is 12.0. The number of hydrogen-bond donors (Lipinski definition) is 1. The minimum atomic E-state index is -3.96. The summed E-state index contributed by atoms with van der Waals surface area (Å²) in [7, 11) is -3.96. The van der Waals surface area contributed by atoms with E-state index < -0.39 is 17.6 Å². The van der Waals surface area contributed by atoms with Crippen molar-refractivity contribution in [3.8, 4) is 0 Å². The zero-order valence-corrected chi connectivity index (χ0v) is 9.62. The van der Waals surface area contributed by atoms with Gasteiger partial charge in [0.2, 0.25) is 9.76 Å². The molecule has 0 aliphatic rings. The van der Waals surface area contributed by atoms with E-state index in [9.17, 15) is 4.57 Å². The molecule has 0 fully saturated rings. The molecule has 1 N–H and O–H groups in total. The van der Waals surface area contributed by atoms with E-state index >= 15 is 0 Å². The fourth-order valence-corrected chi connectivity index (χ4v) is 2.38. The van der Waals surface area contributed by atoms with Crippen molar-refractivity contribution in [1.29, 1.82) is 0 Å². The van der Waals surface area contributed by atoms with Crippen LogP contribution in [0.5, 0.6) is 0 Å². The van der Waals surface area contributed by atoms with Gasteiger partial charge in [-0.15, -0.1) is 4.67 Å². The Morgan fingerprint density at radius 1 is 1.67 bits per heavy atom. The largest absolute Gasteiger partial charge is 0.489 e. The highest BCUT2D eigenvalue weighted by molar-refractivity contribution is 7.48. The van der Waals surface area contributed by atoms with E-state index in [2.05, 4.69) is 13.8 Å². The van der Waals surface area contributed by atoms with Crippen LogP contribution in [-0.2, 0) is 18.3 Å². The third-order valence-electron chi connectivity index (χ3n) is 1.12. The van der Waals surface area contributed by atoms with Crippen molar-refractivity contribution in [3.05, 3.63) is 11.3 Å². The van der Waals surface area contributed by atoms with Gasteiger partial charge in [0, 0.05) is 0 Å². The third kappa shape index (κ3) is 5.65. The first-order valence-electron chi connectivity index (χ1n) is 3.33. The SMILES string of the molecule is CC=C(C)[SiH2]OP(=O)(O)OOC. The number of rotatable bonds is 5. The zero-order valence-electron chi connectivity index (χ0n) is 7.31. The van der Waals surface area contributed by atoms with Gasteiger partial charge in [0.05, 0.1) is 7.11 Å². The Morgan fingerprint density at radius 3 is 2.67 bits per heavy atom. The summed E-state index contributed by atoms with van der Waals surface area (Å²) in [5.74, 6) is 0. The lowest BCUT2D eigenvalue weighted by atomic mass is 10.6. The number of allylic oxidation sites excluding steroid dienone is 2. The molecule has 0 saturated carbocycles. The highest BCUT2D eigenvalue weighted by atomic mass is 31.2. The van der Waals surface area contributed by atoms with Gasteiger partial charge in [0.1, 0.15) is 0 Å². The van der Waals surface area contributed by atoms with E-state index in [1.165, 1.54) is 0 Å². The van der Waals surface area contributed by atoms with Crippen LogP contribution in [0.4, 0.5) is 0 Å². The van der Waals surface area contributed by atoms with Crippen LogP contribution >= 0.6 is 7.82 Å². The number of hydrogen-bond acceptors (Lipinski definition) is 4. The van der Waals surface area contributed by atoms with Gasteiger partial charge in [-0.1, -0.05) is 11.3 Å². The molecule has 0 bridgehead atoms. The van der Waals surface area contributed by atoms with Crippen molar-refractivity contribution in [1.82, 2.24) is 0 Å². The molecule has 12 heavy (non-hydrogen) atoms. The predicted molar refractivity (Wildman–Crippen MR) is 47.0 cm³/mol. The molecule has 72 valence electrons. The molecule has 0 radical (unpaired) electrons. The topological polar surface area (TPSA) is 65.0 Å². The maximum atomic E-state index is 10.8. The molecule has 0 amide bonds. The van der Waals surface area contributed by atoms with Crippen LogP contribution in [0.1, 0.15) is 13.8 Å². The molecule has 0 spiro atoms. The third-order valence-corrected chi connectivity index (χ3v) is 4.14. The minimum absolute atomic E-state index is 0.976. The van der Waals surface area contributed by atoms with Crippen molar-refractivity contribution >= 4 is 17.6 Å². The van der Waals surface area contributed by atoms with Crippen LogP contribution in [0.25, 0.3) is 0 Å². The van der Waals surface area contributed by atoms with Crippen molar-refractivity contribution in [2.45, 2.75) is 13.8 Å². The van der Waals surface area contributed by atoms with Crippen molar-refractivity contribution in [3.63, 3.8) is 0 Å². The molecule has 0 aliphatic carbocycles. The molecule has 1 unspecified atom stereocenters. The van der Waals surface area contributed by atoms with Crippen LogP contribution in [-0.4, -0.2) is 21.8 Å². The average molecular weight is 212 g/mol. The Balaban J connectivity index is 3.84.